The molecule has 0 bridgehead atoms. The Labute approximate surface area is 55.9 Å². The molecule has 0 saturated carbocycles. The summed E-state index contributed by atoms with van der Waals surface area (Å²) in [5.74, 6) is 0. The molecule has 0 aromatic carbocycles. The van der Waals surface area contributed by atoms with Crippen LogP contribution >= 0.6 is 0 Å². The van der Waals surface area contributed by atoms with Crippen LogP contribution in [0.25, 0.3) is 0 Å². The zero-order valence-corrected chi connectivity index (χ0v) is 5.41. The van der Waals surface area contributed by atoms with Crippen LogP contribution in [0.4, 0.5) is 0 Å². The first kappa shape index (κ1) is 1270. The van der Waals surface area contributed by atoms with Gasteiger partial charge in [-0.3, -0.25) is 0 Å². The minimum Gasteiger partial charge on any atom is -2.00 e. The standard InChI is InChI=1S/Nb.4H2O.2O/h;4*1H2;;/q+5;;;;;2*-2/p-1. The maximum absolute atomic E-state index is 0. The van der Waals surface area contributed by atoms with Crippen LogP contribution in [0.3, 0.4) is 0 Å². The van der Waals surface area contributed by atoms with Gasteiger partial charge in [-0.1, -0.05) is 0 Å². The fourth-order valence-corrected chi connectivity index (χ4v) is 0. The second kappa shape index (κ2) is 786. The van der Waals surface area contributed by atoms with Gasteiger partial charge in [-0.2, -0.15) is 0 Å². The summed E-state index contributed by atoms with van der Waals surface area (Å²) < 4.78 is 0. The van der Waals surface area contributed by atoms with Crippen LogP contribution in [-0.2, 0) is 33.3 Å². The van der Waals surface area contributed by atoms with Gasteiger partial charge >= 0.3 is 22.4 Å². The zero-order chi connectivity index (χ0) is 0. The summed E-state index contributed by atoms with van der Waals surface area (Å²) in [5, 5.41) is 0. The van der Waals surface area contributed by atoms with Crippen molar-refractivity contribution in [2.45, 2.75) is 0 Å². The van der Waals surface area contributed by atoms with Crippen LogP contribution in [0.15, 0.2) is 0 Å². The Kier molecular flexibility index (Phi) is 142000. The van der Waals surface area contributed by atoms with Crippen molar-refractivity contribution in [1.29, 1.82) is 0 Å². The van der Waals surface area contributed by atoms with Gasteiger partial charge in [-0.15, -0.1) is 0 Å². The van der Waals surface area contributed by atoms with E-state index >= 15 is 0 Å². The normalized spacial score (nSPS) is 0. The molecule has 0 aromatic heterocycles. The van der Waals surface area contributed by atoms with Crippen molar-refractivity contribution in [2.75, 3.05) is 0 Å². The molecule has 0 atom stereocenters. The number of hydrogen-bond acceptors (Lipinski definition) is 1. The SMILES string of the molecule is O.O.O.[Nb+5].[O-2].[O-2].[OH-]. The molecule has 0 saturated heterocycles. The van der Waals surface area contributed by atoms with Gasteiger partial charge in [0.05, 0.1) is 0 Å². The molecule has 0 aliphatic carbocycles. The van der Waals surface area contributed by atoms with Gasteiger partial charge in [0.1, 0.15) is 0 Å². The third kappa shape index (κ3) is 526. The Morgan fingerprint density at radius 3 is 0.571 bits per heavy atom. The monoisotopic (exact) mass is 196 g/mol. The quantitative estimate of drug-likeness (QED) is 0.370. The van der Waals surface area contributed by atoms with Crippen molar-refractivity contribution in [3.8, 4) is 0 Å². The predicted molar refractivity (Wildman–Crippen MR) is 14.2 cm³/mol. The van der Waals surface area contributed by atoms with E-state index in [4.69, 9.17) is 0 Å². The van der Waals surface area contributed by atoms with E-state index in [9.17, 15) is 0 Å². The molecule has 0 rings (SSSR count). The molecule has 0 unspecified atom stereocenters. The molecular weight excluding hydrogens is 189 g/mol. The van der Waals surface area contributed by atoms with Crippen molar-refractivity contribution in [3.05, 3.63) is 0 Å². The van der Waals surface area contributed by atoms with E-state index < -0.39 is 0 Å². The van der Waals surface area contributed by atoms with E-state index in [2.05, 4.69) is 0 Å². The molecule has 7 heteroatoms. The van der Waals surface area contributed by atoms with Crippen LogP contribution in [0.1, 0.15) is 0 Å². The Bertz CT molecular complexity index is 4.14. The van der Waals surface area contributed by atoms with Crippen LogP contribution in [0.5, 0.6) is 0 Å². The summed E-state index contributed by atoms with van der Waals surface area (Å²) in [6, 6.07) is 0. The Hall–Kier alpha value is 0.500. The minimum atomic E-state index is 0. The number of rotatable bonds is 0. The third-order valence-corrected chi connectivity index (χ3v) is 0. The Morgan fingerprint density at radius 2 is 0.571 bits per heavy atom. The van der Waals surface area contributed by atoms with Crippen LogP contribution in [-0.4, -0.2) is 21.9 Å². The fraction of sp³-hybridized carbons (Fsp3) is 0. The Balaban J connectivity index is 0. The van der Waals surface area contributed by atoms with E-state index in [-0.39, 0.29) is 55.2 Å². The molecule has 0 aliphatic rings. The van der Waals surface area contributed by atoms with Crippen molar-refractivity contribution in [1.82, 2.24) is 0 Å². The van der Waals surface area contributed by atoms with Gasteiger partial charge in [0, 0.05) is 0 Å². The fourth-order valence-electron chi connectivity index (χ4n) is 0. The van der Waals surface area contributed by atoms with Gasteiger partial charge in [-0.05, 0) is 0 Å². The molecule has 7 N–H and O–H groups in total. The number of hydrogen-bond donors (Lipinski definition) is 0. The van der Waals surface area contributed by atoms with Crippen LogP contribution in [0, 0.1) is 0 Å². The summed E-state index contributed by atoms with van der Waals surface area (Å²) in [5.41, 5.74) is 0. The first-order valence-electron chi connectivity index (χ1n) is 0. The molecule has 0 heterocycles. The third-order valence-electron chi connectivity index (χ3n) is 0. The van der Waals surface area contributed by atoms with Gasteiger partial charge in [0.2, 0.25) is 0 Å². The van der Waals surface area contributed by atoms with Crippen molar-refractivity contribution >= 4 is 0 Å². The largest absolute Gasteiger partial charge is 5.00 e. The van der Waals surface area contributed by atoms with Gasteiger partial charge in [0.25, 0.3) is 0 Å². The summed E-state index contributed by atoms with van der Waals surface area (Å²) in [6.45, 7) is 0. The summed E-state index contributed by atoms with van der Waals surface area (Å²) in [4.78, 5) is 0. The van der Waals surface area contributed by atoms with E-state index in [1.165, 1.54) is 0 Å². The molecule has 6 nitrogen and oxygen atoms in total. The summed E-state index contributed by atoms with van der Waals surface area (Å²) >= 11 is 0. The average molecular weight is 196 g/mol. The molecular formula is H7NbO6. The summed E-state index contributed by atoms with van der Waals surface area (Å²) in [6.07, 6.45) is 0. The molecule has 0 aliphatic heterocycles. The van der Waals surface area contributed by atoms with Gasteiger partial charge in [0.15, 0.2) is 0 Å². The van der Waals surface area contributed by atoms with Crippen molar-refractivity contribution in [2.24, 2.45) is 0 Å². The molecule has 48 valence electrons. The molecule has 0 spiro atoms. The van der Waals surface area contributed by atoms with E-state index in [0.29, 0.717) is 0 Å². The second-order valence-corrected chi connectivity index (χ2v) is 0. The zero-order valence-electron chi connectivity index (χ0n) is 3.21. The van der Waals surface area contributed by atoms with Crippen molar-refractivity contribution in [3.63, 3.8) is 0 Å². The van der Waals surface area contributed by atoms with E-state index in [0.717, 1.165) is 0 Å². The molecule has 0 radical (unpaired) electrons. The van der Waals surface area contributed by atoms with Gasteiger partial charge in [-0.25, -0.2) is 0 Å². The summed E-state index contributed by atoms with van der Waals surface area (Å²) in [7, 11) is 0. The van der Waals surface area contributed by atoms with Gasteiger partial charge < -0.3 is 32.9 Å². The average Bonchev–Trinajstić information content (AvgIpc) is 0. The molecule has 0 amide bonds. The first-order chi connectivity index (χ1) is 0. The maximum atomic E-state index is 0. The predicted octanol–water partition coefficient (Wildman–Crippen LogP) is -2.89. The first-order valence-corrected chi connectivity index (χ1v) is 0. The minimum absolute atomic E-state index is 0. The maximum Gasteiger partial charge on any atom is 5.00 e. The second-order valence-electron chi connectivity index (χ2n) is 0. The Morgan fingerprint density at radius 1 is 0.571 bits per heavy atom. The van der Waals surface area contributed by atoms with Crippen LogP contribution in [0.2, 0.25) is 0 Å². The smallest absolute Gasteiger partial charge is 2.00 e. The molecule has 7 heavy (non-hydrogen) atoms. The van der Waals surface area contributed by atoms with E-state index in [1.54, 1.807) is 0 Å². The van der Waals surface area contributed by atoms with Crippen LogP contribution < -0.4 is 0 Å². The van der Waals surface area contributed by atoms with E-state index in [1.807, 2.05) is 0 Å². The molecule has 0 aromatic rings. The molecule has 0 fully saturated rings. The topological polar surface area (TPSA) is 182 Å². The van der Waals surface area contributed by atoms with Crippen molar-refractivity contribution < 1.29 is 55.2 Å².